The number of halogens is 1. The van der Waals surface area contributed by atoms with Gasteiger partial charge >= 0.3 is 18.1 Å². The van der Waals surface area contributed by atoms with Gasteiger partial charge in [0.2, 0.25) is 5.95 Å². The number of aromatic nitrogens is 8. The van der Waals surface area contributed by atoms with E-state index in [1.807, 2.05) is 0 Å². The van der Waals surface area contributed by atoms with Crippen molar-refractivity contribution in [2.75, 3.05) is 30.4 Å². The number of nitrogens with zero attached hydrogens (tertiary/aromatic N) is 8. The lowest BCUT2D eigenvalue weighted by atomic mass is 10.0. The quantitative estimate of drug-likeness (QED) is 0.158. The Kier molecular flexibility index (Phi) is 7.14. The van der Waals surface area contributed by atoms with Crippen molar-refractivity contribution in [3.05, 3.63) is 19.0 Å². The lowest BCUT2D eigenvalue weighted by Gasteiger charge is -2.26. The fourth-order valence-corrected chi connectivity index (χ4v) is 7.60. The molecule has 4 aromatic rings. The van der Waals surface area contributed by atoms with E-state index >= 15 is 4.39 Å². The first-order valence-electron chi connectivity index (χ1n) is 13.3. The summed E-state index contributed by atoms with van der Waals surface area (Å²) in [6.45, 7) is 0.336. The van der Waals surface area contributed by atoms with Crippen LogP contribution in [0.4, 0.5) is 22.0 Å². The van der Waals surface area contributed by atoms with Crippen molar-refractivity contribution in [1.29, 1.82) is 0 Å². The Bertz CT molecular complexity index is 1950. The fourth-order valence-electron chi connectivity index (χ4n) is 5.61. The Hall–Kier alpha value is -3.67. The van der Waals surface area contributed by atoms with Crippen LogP contribution in [-0.2, 0) is 37.6 Å². The van der Waals surface area contributed by atoms with E-state index in [2.05, 4.69) is 34.6 Å². The smallest absolute Gasteiger partial charge is 0.382 e. The molecule has 0 spiro atoms. The van der Waals surface area contributed by atoms with Crippen molar-refractivity contribution in [3.8, 4) is 0 Å². The van der Waals surface area contributed by atoms with E-state index < -0.39 is 80.2 Å². The van der Waals surface area contributed by atoms with Gasteiger partial charge in [0.1, 0.15) is 48.0 Å². The Morgan fingerprint density at radius 3 is 2.42 bits per heavy atom. The van der Waals surface area contributed by atoms with E-state index in [9.17, 15) is 17.9 Å². The summed E-state index contributed by atoms with van der Waals surface area (Å²) >= 11 is 0. The highest BCUT2D eigenvalue weighted by molar-refractivity contribution is 7.84. The van der Waals surface area contributed by atoms with Gasteiger partial charge in [0.25, 0.3) is 0 Å². The van der Waals surface area contributed by atoms with E-state index in [0.29, 0.717) is 11.2 Å². The summed E-state index contributed by atoms with van der Waals surface area (Å²) in [5, 5.41) is 0. The number of imidazole rings is 2. The average Bonchev–Trinajstić information content (AvgIpc) is 3.72. The lowest BCUT2D eigenvalue weighted by molar-refractivity contribution is -0.0495. The summed E-state index contributed by atoms with van der Waals surface area (Å²) < 4.78 is 87.8. The van der Waals surface area contributed by atoms with E-state index in [4.69, 9.17) is 39.9 Å². The summed E-state index contributed by atoms with van der Waals surface area (Å²) in [6, 6.07) is 0. The summed E-state index contributed by atoms with van der Waals surface area (Å²) in [5.74, 6) is -0.875. The van der Waals surface area contributed by atoms with Gasteiger partial charge in [-0.05, 0) is 0 Å². The molecule has 4 aromatic heterocycles. The van der Waals surface area contributed by atoms with Crippen molar-refractivity contribution in [1.82, 2.24) is 43.8 Å². The molecule has 9 atom stereocenters. The molecule has 8 N–H and O–H groups in total. The maximum absolute atomic E-state index is 15.9. The molecule has 24 heteroatoms. The van der Waals surface area contributed by atoms with Crippen LogP contribution in [0.25, 0.3) is 22.3 Å². The van der Waals surface area contributed by atoms with Crippen molar-refractivity contribution in [2.45, 2.75) is 50.0 Å². The van der Waals surface area contributed by atoms with Gasteiger partial charge in [-0.3, -0.25) is 18.2 Å². The van der Waals surface area contributed by atoms with E-state index in [1.165, 1.54) is 17.2 Å². The number of fused-ring (bicyclic) bond motifs is 4. The van der Waals surface area contributed by atoms with Crippen molar-refractivity contribution in [3.63, 3.8) is 0 Å². The van der Waals surface area contributed by atoms with Crippen molar-refractivity contribution in [2.24, 2.45) is 5.92 Å². The largest absolute Gasteiger partial charge is 0.472 e. The Morgan fingerprint density at radius 1 is 0.978 bits per heavy atom. The van der Waals surface area contributed by atoms with Crippen LogP contribution in [0, 0.1) is 5.92 Å². The predicted octanol–water partition coefficient (Wildman–Crippen LogP) is -1.08. The predicted molar refractivity (Wildman–Crippen MR) is 148 cm³/mol. The molecule has 3 aliphatic heterocycles. The summed E-state index contributed by atoms with van der Waals surface area (Å²) in [7, 11) is -9.58. The molecule has 1 unspecified atom stereocenters. The highest BCUT2D eigenvalue weighted by atomic mass is 32.2. The van der Waals surface area contributed by atoms with Crippen LogP contribution < -0.4 is 21.9 Å². The molecule has 0 radical (unpaired) electrons. The van der Waals surface area contributed by atoms with Gasteiger partial charge in [0.15, 0.2) is 35.3 Å². The molecule has 0 amide bonds. The SMILES string of the molecule is C[C@@H]1[C@@H]2OP(=O)(O)OC[C@H]3O[C@@H](n4cnc5c(N)nc(N)nc54)[C@H](F)[C@@H]3OS(=O)(=O)NC[C@H]2O[C@H]1n1cnc2c(N)ncnc21. The van der Waals surface area contributed by atoms with Gasteiger partial charge in [-0.2, -0.15) is 23.1 Å². The second-order valence-electron chi connectivity index (χ2n) is 10.5. The summed E-state index contributed by atoms with van der Waals surface area (Å²) in [4.78, 5) is 34.9. The van der Waals surface area contributed by atoms with Crippen molar-refractivity contribution < 1.29 is 45.0 Å². The molecule has 3 aliphatic rings. The maximum atomic E-state index is 15.9. The minimum Gasteiger partial charge on any atom is -0.382 e. The molecule has 21 nitrogen and oxygen atoms in total. The third kappa shape index (κ3) is 5.24. The molecule has 7 heterocycles. The zero-order chi connectivity index (χ0) is 31.8. The number of ether oxygens (including phenoxy) is 2. The third-order valence-corrected chi connectivity index (χ3v) is 9.65. The number of hydrogen-bond donors (Lipinski definition) is 5. The average molecular weight is 673 g/mol. The van der Waals surface area contributed by atoms with Gasteiger partial charge in [0, 0.05) is 12.5 Å². The minimum absolute atomic E-state index is 0.00336. The number of nitrogens with two attached hydrogens (primary N) is 3. The fraction of sp³-hybridized carbons (Fsp3) is 0.524. The second-order valence-corrected chi connectivity index (χ2v) is 13.3. The van der Waals surface area contributed by atoms with Crippen LogP contribution in [0.5, 0.6) is 0 Å². The number of alkyl halides is 1. The van der Waals surface area contributed by atoms with E-state index in [0.717, 1.165) is 10.9 Å². The topological polar surface area (TPSA) is 295 Å². The van der Waals surface area contributed by atoms with Crippen molar-refractivity contribution >= 4 is 58.0 Å². The normalized spacial score (nSPS) is 35.5. The molecule has 3 saturated heterocycles. The van der Waals surface area contributed by atoms with Gasteiger partial charge in [-0.15, -0.1) is 0 Å². The Morgan fingerprint density at radius 2 is 1.67 bits per heavy atom. The minimum atomic E-state index is -4.90. The monoisotopic (exact) mass is 672 g/mol. The lowest BCUT2D eigenvalue weighted by Crippen LogP contribution is -2.44. The highest BCUT2D eigenvalue weighted by Gasteiger charge is 2.53. The zero-order valence-electron chi connectivity index (χ0n) is 23.0. The molecule has 45 heavy (non-hydrogen) atoms. The van der Waals surface area contributed by atoms with Crippen LogP contribution in [0.2, 0.25) is 0 Å². The third-order valence-electron chi connectivity index (χ3n) is 7.67. The van der Waals surface area contributed by atoms with Gasteiger partial charge in [-0.1, -0.05) is 6.92 Å². The molecular weight excluding hydrogens is 646 g/mol. The van der Waals surface area contributed by atoms with Crippen LogP contribution >= 0.6 is 7.82 Å². The van der Waals surface area contributed by atoms with Crippen LogP contribution in [0.15, 0.2) is 19.0 Å². The van der Waals surface area contributed by atoms with Crippen LogP contribution in [0.3, 0.4) is 0 Å². The summed E-state index contributed by atoms with van der Waals surface area (Å²) in [5.41, 5.74) is 18.1. The summed E-state index contributed by atoms with van der Waals surface area (Å²) in [6.07, 6.45) is -6.62. The molecule has 0 saturated carbocycles. The number of phosphoric ester groups is 1. The van der Waals surface area contributed by atoms with Gasteiger partial charge in [0.05, 0.1) is 19.3 Å². The Labute approximate surface area is 252 Å². The molecule has 0 aromatic carbocycles. The maximum Gasteiger partial charge on any atom is 0.472 e. The number of phosphoric acid groups is 1. The number of hydrogen-bond acceptors (Lipinski definition) is 17. The number of rotatable bonds is 2. The second kappa shape index (κ2) is 10.7. The molecule has 242 valence electrons. The molecule has 0 bridgehead atoms. The first kappa shape index (κ1) is 30.0. The van der Waals surface area contributed by atoms with Gasteiger partial charge in [-0.25, -0.2) is 33.1 Å². The number of anilines is 3. The first-order valence-corrected chi connectivity index (χ1v) is 16.2. The molecular formula is C21H26FN12O9PS. The molecule has 3 fully saturated rings. The molecule has 7 rings (SSSR count). The molecule has 0 aliphatic carbocycles. The van der Waals surface area contributed by atoms with E-state index in [-0.39, 0.29) is 28.7 Å². The van der Waals surface area contributed by atoms with E-state index in [1.54, 1.807) is 6.92 Å². The highest BCUT2D eigenvalue weighted by Crippen LogP contribution is 2.51. The Balaban J connectivity index is 1.17. The zero-order valence-corrected chi connectivity index (χ0v) is 24.7. The van der Waals surface area contributed by atoms with Gasteiger partial charge < -0.3 is 31.6 Å². The van der Waals surface area contributed by atoms with Crippen LogP contribution in [0.1, 0.15) is 19.4 Å². The first-order chi connectivity index (χ1) is 21.3. The van der Waals surface area contributed by atoms with Crippen LogP contribution in [-0.4, -0.2) is 96.1 Å². The number of nitrogen functional groups attached to an aromatic ring is 3. The number of nitrogens with one attached hydrogen (secondary N) is 1. The standard InChI is InChI=1S/C21H26FN12O9PS/c1-7-13-8(40-19(7)33-5-28-11-15(23)26-4-27-17(11)33)2-30-45(37,38)43-14-9(3-39-44(35,36)42-13)41-20(10(14)22)34-6-29-12-16(24)31-21(25)32-18(12)34/h4-10,13-14,19-20,30H,2-3H2,1H3,(H,35,36)(H2,23,26,27)(H4,24,25,31,32)/t7-,8-,9-,10-,13+,14-,19-,20-/m1/s1.